The van der Waals surface area contributed by atoms with Crippen molar-refractivity contribution in [2.75, 3.05) is 19.7 Å². The van der Waals surface area contributed by atoms with E-state index in [1.54, 1.807) is 18.2 Å². The predicted molar refractivity (Wildman–Crippen MR) is 91.9 cm³/mol. The molecular weight excluding hydrogens is 323 g/mol. The van der Waals surface area contributed by atoms with Gasteiger partial charge in [0.2, 0.25) is 0 Å². The van der Waals surface area contributed by atoms with Gasteiger partial charge in [-0.2, -0.15) is 0 Å². The van der Waals surface area contributed by atoms with Gasteiger partial charge in [-0.15, -0.1) is 0 Å². The van der Waals surface area contributed by atoms with Crippen molar-refractivity contribution in [2.24, 2.45) is 0 Å². The van der Waals surface area contributed by atoms with Crippen molar-refractivity contribution < 1.29 is 9.53 Å². The molecule has 22 heavy (non-hydrogen) atoms. The molecule has 0 unspecified atom stereocenters. The maximum Gasteiger partial charge on any atom is 0.257 e. The van der Waals surface area contributed by atoms with Crippen molar-refractivity contribution in [3.63, 3.8) is 0 Å². The van der Waals surface area contributed by atoms with E-state index >= 15 is 0 Å². The highest BCUT2D eigenvalue weighted by Gasteiger charge is 2.13. The Balaban J connectivity index is 2.34. The molecule has 0 aliphatic rings. The third-order valence-corrected chi connectivity index (χ3v) is 3.80. The first kappa shape index (κ1) is 19.1. The van der Waals surface area contributed by atoms with E-state index in [1.165, 1.54) is 0 Å². The standard InChI is InChI=1S/C16H24Cl2N2O2/c1-11(2)20(12(3)4)8-7-19-16(21)10-22-15-6-5-13(17)9-14(15)18/h5-6,9,11-12H,7-8,10H2,1-4H3,(H,19,21). The molecule has 0 atom stereocenters. The van der Waals surface area contributed by atoms with Crippen LogP contribution in [0.3, 0.4) is 0 Å². The Hall–Kier alpha value is -0.970. The van der Waals surface area contributed by atoms with Gasteiger partial charge in [-0.1, -0.05) is 23.2 Å². The Morgan fingerprint density at radius 3 is 2.41 bits per heavy atom. The highest BCUT2D eigenvalue weighted by molar-refractivity contribution is 6.35. The van der Waals surface area contributed by atoms with E-state index in [2.05, 4.69) is 37.9 Å². The summed E-state index contributed by atoms with van der Waals surface area (Å²) in [5, 5.41) is 3.78. The minimum Gasteiger partial charge on any atom is -0.482 e. The molecular formula is C16H24Cl2N2O2. The molecule has 0 radical (unpaired) electrons. The highest BCUT2D eigenvalue weighted by atomic mass is 35.5. The van der Waals surface area contributed by atoms with E-state index in [1.807, 2.05) is 0 Å². The summed E-state index contributed by atoms with van der Waals surface area (Å²) in [6, 6.07) is 5.79. The predicted octanol–water partition coefficient (Wildman–Crippen LogP) is 3.61. The second-order valence-corrected chi connectivity index (χ2v) is 6.48. The van der Waals surface area contributed by atoms with E-state index < -0.39 is 0 Å². The summed E-state index contributed by atoms with van der Waals surface area (Å²) in [5.41, 5.74) is 0. The molecule has 1 aromatic rings. The summed E-state index contributed by atoms with van der Waals surface area (Å²) in [5.74, 6) is 0.283. The second kappa shape index (κ2) is 9.23. The fraction of sp³-hybridized carbons (Fsp3) is 0.562. The summed E-state index contributed by atoms with van der Waals surface area (Å²) >= 11 is 11.8. The molecule has 0 saturated carbocycles. The van der Waals surface area contributed by atoms with Crippen LogP contribution < -0.4 is 10.1 Å². The van der Waals surface area contributed by atoms with Gasteiger partial charge >= 0.3 is 0 Å². The quantitative estimate of drug-likeness (QED) is 0.781. The molecule has 4 nitrogen and oxygen atoms in total. The van der Waals surface area contributed by atoms with Gasteiger partial charge in [0, 0.05) is 30.2 Å². The SMILES string of the molecule is CC(C)N(CCNC(=O)COc1ccc(Cl)cc1Cl)C(C)C. The van der Waals surface area contributed by atoms with Crippen LogP contribution in [0.1, 0.15) is 27.7 Å². The molecule has 1 rings (SSSR count). The number of nitrogens with one attached hydrogen (secondary N) is 1. The van der Waals surface area contributed by atoms with Gasteiger partial charge in [0.05, 0.1) is 5.02 Å². The molecule has 1 amide bonds. The van der Waals surface area contributed by atoms with Crippen LogP contribution in [0.4, 0.5) is 0 Å². The normalized spacial score (nSPS) is 11.3. The molecule has 0 fully saturated rings. The Kier molecular flexibility index (Phi) is 8.01. The number of hydrogen-bond acceptors (Lipinski definition) is 3. The van der Waals surface area contributed by atoms with Gasteiger partial charge in [0.1, 0.15) is 5.75 Å². The summed E-state index contributed by atoms with van der Waals surface area (Å²) < 4.78 is 5.39. The van der Waals surface area contributed by atoms with Gasteiger partial charge in [-0.3, -0.25) is 9.69 Å². The summed E-state index contributed by atoms with van der Waals surface area (Å²) in [6.07, 6.45) is 0. The number of carbonyl (C=O) groups is 1. The van der Waals surface area contributed by atoms with E-state index in [4.69, 9.17) is 27.9 Å². The van der Waals surface area contributed by atoms with E-state index in [9.17, 15) is 4.79 Å². The maximum atomic E-state index is 11.8. The zero-order valence-corrected chi connectivity index (χ0v) is 15.0. The fourth-order valence-corrected chi connectivity index (χ4v) is 2.69. The van der Waals surface area contributed by atoms with Crippen LogP contribution in [0.2, 0.25) is 10.0 Å². The molecule has 6 heteroatoms. The number of nitrogens with zero attached hydrogens (tertiary/aromatic N) is 1. The van der Waals surface area contributed by atoms with Crippen molar-refractivity contribution >= 4 is 29.1 Å². The number of carbonyl (C=O) groups excluding carboxylic acids is 1. The highest BCUT2D eigenvalue weighted by Crippen LogP contribution is 2.27. The maximum absolute atomic E-state index is 11.8. The zero-order chi connectivity index (χ0) is 16.7. The largest absolute Gasteiger partial charge is 0.482 e. The summed E-state index contributed by atoms with van der Waals surface area (Å²) in [4.78, 5) is 14.1. The van der Waals surface area contributed by atoms with Crippen LogP contribution in [-0.4, -0.2) is 42.6 Å². The third-order valence-electron chi connectivity index (χ3n) is 3.27. The van der Waals surface area contributed by atoms with Gasteiger partial charge in [-0.05, 0) is 45.9 Å². The number of ether oxygens (including phenoxy) is 1. The number of benzene rings is 1. The lowest BCUT2D eigenvalue weighted by molar-refractivity contribution is -0.123. The van der Waals surface area contributed by atoms with Gasteiger partial charge in [0.25, 0.3) is 5.91 Å². The van der Waals surface area contributed by atoms with E-state index in [-0.39, 0.29) is 12.5 Å². The molecule has 0 spiro atoms. The lowest BCUT2D eigenvalue weighted by Crippen LogP contribution is -2.43. The van der Waals surface area contributed by atoms with Crippen LogP contribution in [0.25, 0.3) is 0 Å². The van der Waals surface area contributed by atoms with Gasteiger partial charge in [-0.25, -0.2) is 0 Å². The Morgan fingerprint density at radius 2 is 1.86 bits per heavy atom. The Labute approximate surface area is 142 Å². The Morgan fingerprint density at radius 1 is 1.23 bits per heavy atom. The number of halogens is 2. The van der Waals surface area contributed by atoms with Crippen LogP contribution in [0, 0.1) is 0 Å². The molecule has 124 valence electrons. The lowest BCUT2D eigenvalue weighted by atomic mass is 10.2. The van der Waals surface area contributed by atoms with E-state index in [0.29, 0.717) is 34.4 Å². The zero-order valence-electron chi connectivity index (χ0n) is 13.5. The molecule has 0 aromatic heterocycles. The summed E-state index contributed by atoms with van der Waals surface area (Å²) in [7, 11) is 0. The molecule has 1 aromatic carbocycles. The van der Waals surface area contributed by atoms with Crippen LogP contribution in [0.5, 0.6) is 5.75 Å². The Bertz CT molecular complexity index is 485. The van der Waals surface area contributed by atoms with Crippen molar-refractivity contribution in [1.82, 2.24) is 10.2 Å². The molecule has 0 aliphatic carbocycles. The smallest absolute Gasteiger partial charge is 0.257 e. The van der Waals surface area contributed by atoms with Gasteiger partial charge < -0.3 is 10.1 Å². The van der Waals surface area contributed by atoms with Crippen molar-refractivity contribution in [3.8, 4) is 5.75 Å². The van der Waals surface area contributed by atoms with Crippen molar-refractivity contribution in [2.45, 2.75) is 39.8 Å². The third kappa shape index (κ3) is 6.42. The van der Waals surface area contributed by atoms with Crippen LogP contribution in [0.15, 0.2) is 18.2 Å². The number of rotatable bonds is 8. The second-order valence-electron chi connectivity index (χ2n) is 5.64. The van der Waals surface area contributed by atoms with Crippen molar-refractivity contribution in [1.29, 1.82) is 0 Å². The minimum atomic E-state index is -0.168. The monoisotopic (exact) mass is 346 g/mol. The average molecular weight is 347 g/mol. The average Bonchev–Trinajstić information content (AvgIpc) is 2.41. The molecule has 1 N–H and O–H groups in total. The van der Waals surface area contributed by atoms with Crippen molar-refractivity contribution in [3.05, 3.63) is 28.2 Å². The number of hydrogen-bond donors (Lipinski definition) is 1. The summed E-state index contributed by atoms with van der Waals surface area (Å²) in [6.45, 7) is 9.92. The van der Waals surface area contributed by atoms with Gasteiger partial charge in [0.15, 0.2) is 6.61 Å². The first-order valence-electron chi connectivity index (χ1n) is 7.41. The molecule has 0 aliphatic heterocycles. The van der Waals surface area contributed by atoms with E-state index in [0.717, 1.165) is 6.54 Å². The topological polar surface area (TPSA) is 41.6 Å². The molecule has 0 bridgehead atoms. The fourth-order valence-electron chi connectivity index (χ4n) is 2.22. The van der Waals surface area contributed by atoms with Crippen LogP contribution in [-0.2, 0) is 4.79 Å². The molecule has 0 heterocycles. The number of amides is 1. The first-order valence-corrected chi connectivity index (χ1v) is 8.17. The van der Waals surface area contributed by atoms with Crippen LogP contribution >= 0.6 is 23.2 Å². The lowest BCUT2D eigenvalue weighted by Gasteiger charge is -2.30. The first-order chi connectivity index (χ1) is 10.3. The molecule has 0 saturated heterocycles. The minimum absolute atomic E-state index is 0.0648.